The molecule has 0 spiro atoms. The molecule has 0 bridgehead atoms. The maximum absolute atomic E-state index is 7.10. The molecule has 0 saturated heterocycles. The number of ether oxygens (including phenoxy) is 2. The maximum atomic E-state index is 7.10. The molecule has 0 radical (unpaired) electrons. The number of rotatable bonds is 6. The molecule has 2 fully saturated rings. The Morgan fingerprint density at radius 1 is 0.902 bits per heavy atom. The molecule has 3 heteroatoms. The van der Waals surface area contributed by atoms with E-state index in [0.717, 1.165) is 30.2 Å². The Balaban J connectivity index is 1.04. The fraction of sp³-hybridized carbons (Fsp3) is 0.421. The van der Waals surface area contributed by atoms with Gasteiger partial charge in [-0.2, -0.15) is 0 Å². The minimum Gasteiger partial charge on any atom is -0.497 e. The summed E-state index contributed by atoms with van der Waals surface area (Å²) < 4.78 is 12.6. The van der Waals surface area contributed by atoms with E-state index in [4.69, 9.17) is 9.47 Å². The fourth-order valence-corrected chi connectivity index (χ4v) is 15.5. The Labute approximate surface area is 246 Å². The summed E-state index contributed by atoms with van der Waals surface area (Å²) in [6.07, 6.45) is 15.2. The summed E-state index contributed by atoms with van der Waals surface area (Å²) >= 11 is 0. The second kappa shape index (κ2) is 9.85. The number of aryl methyl sites for hydroxylation is 1. The summed E-state index contributed by atoms with van der Waals surface area (Å²) in [6, 6.07) is 28.7. The Kier molecular flexibility index (Phi) is 6.20. The lowest BCUT2D eigenvalue weighted by atomic mass is 9.55. The van der Waals surface area contributed by atoms with Crippen LogP contribution in [0.15, 0.2) is 96.2 Å². The van der Waals surface area contributed by atoms with Gasteiger partial charge in [-0.25, -0.2) is 0 Å². The summed E-state index contributed by atoms with van der Waals surface area (Å²) in [5.41, 5.74) is 4.97. The molecule has 3 aromatic rings. The molecule has 0 amide bonds. The van der Waals surface area contributed by atoms with Crippen LogP contribution in [-0.4, -0.2) is 27.9 Å². The van der Waals surface area contributed by atoms with E-state index in [0.29, 0.717) is 23.4 Å². The molecular weight excluding hydrogens is 517 g/mol. The van der Waals surface area contributed by atoms with Crippen molar-refractivity contribution in [3.8, 4) is 5.75 Å². The summed E-state index contributed by atoms with van der Waals surface area (Å²) in [4.78, 5) is 0. The van der Waals surface area contributed by atoms with Crippen LogP contribution in [0.3, 0.4) is 0 Å². The van der Waals surface area contributed by atoms with E-state index >= 15 is 0 Å². The van der Waals surface area contributed by atoms with Gasteiger partial charge >= 0.3 is 0 Å². The van der Waals surface area contributed by atoms with Crippen molar-refractivity contribution in [2.24, 2.45) is 17.3 Å². The van der Waals surface area contributed by atoms with Crippen molar-refractivity contribution in [3.05, 3.63) is 113 Å². The van der Waals surface area contributed by atoms with Gasteiger partial charge < -0.3 is 9.47 Å². The van der Waals surface area contributed by atoms with E-state index in [1.165, 1.54) is 49.7 Å². The van der Waals surface area contributed by atoms with Gasteiger partial charge in [0.15, 0.2) is 0 Å². The molecule has 4 aliphatic carbocycles. The maximum Gasteiger partial charge on any atom is 0.147 e. The summed E-state index contributed by atoms with van der Waals surface area (Å²) in [6.45, 7) is 3.45. The molecule has 2 saturated carbocycles. The van der Waals surface area contributed by atoms with E-state index in [1.807, 2.05) is 0 Å². The van der Waals surface area contributed by atoms with Crippen LogP contribution in [-0.2, 0) is 11.2 Å². The SMILES string of the molecule is COc1ccc2c(c1)CC[C@@H]1[C@@H]2CC[C@]2(C)[C@@H](OCC[Si@]3(c4ccccc4)C4=CC=CC4c4ccccc43)CC[C@@H]12. The number of hydrogen-bond donors (Lipinski definition) is 0. The van der Waals surface area contributed by atoms with Crippen molar-refractivity contribution in [1.82, 2.24) is 0 Å². The van der Waals surface area contributed by atoms with Crippen molar-refractivity contribution >= 4 is 18.4 Å². The molecule has 0 aromatic heterocycles. The molecule has 41 heavy (non-hydrogen) atoms. The minimum absolute atomic E-state index is 0.302. The second-order valence-electron chi connectivity index (χ2n) is 13.6. The van der Waals surface area contributed by atoms with Gasteiger partial charge in [0.25, 0.3) is 0 Å². The zero-order valence-electron chi connectivity index (χ0n) is 24.5. The Morgan fingerprint density at radius 2 is 1.76 bits per heavy atom. The van der Waals surface area contributed by atoms with Crippen LogP contribution in [0.2, 0.25) is 6.04 Å². The van der Waals surface area contributed by atoms with Gasteiger partial charge in [0.2, 0.25) is 0 Å². The molecule has 5 aliphatic rings. The smallest absolute Gasteiger partial charge is 0.147 e. The van der Waals surface area contributed by atoms with Crippen molar-refractivity contribution in [1.29, 1.82) is 0 Å². The lowest BCUT2D eigenvalue weighted by molar-refractivity contribution is -0.0601. The summed E-state index contributed by atoms with van der Waals surface area (Å²) in [5.74, 6) is 3.75. The van der Waals surface area contributed by atoms with Gasteiger partial charge in [-0.1, -0.05) is 91.0 Å². The third-order valence-electron chi connectivity index (χ3n) is 12.1. The average molecular weight is 559 g/mol. The third kappa shape index (κ3) is 3.77. The van der Waals surface area contributed by atoms with E-state index in [2.05, 4.69) is 97.9 Å². The van der Waals surface area contributed by atoms with E-state index < -0.39 is 8.07 Å². The van der Waals surface area contributed by atoms with Crippen molar-refractivity contribution in [2.45, 2.75) is 69.4 Å². The van der Waals surface area contributed by atoms with Crippen LogP contribution in [0.5, 0.6) is 5.75 Å². The van der Waals surface area contributed by atoms with E-state index in [-0.39, 0.29) is 0 Å². The predicted octanol–water partition coefficient (Wildman–Crippen LogP) is 7.33. The number of methoxy groups -OCH3 is 1. The van der Waals surface area contributed by atoms with Crippen LogP contribution in [0, 0.1) is 17.3 Å². The molecular formula is C38H42O2Si. The first-order valence-electron chi connectivity index (χ1n) is 16.0. The highest BCUT2D eigenvalue weighted by Crippen LogP contribution is 2.61. The van der Waals surface area contributed by atoms with Crippen LogP contribution in [0.4, 0.5) is 0 Å². The summed E-state index contributed by atoms with van der Waals surface area (Å²) in [7, 11) is -0.326. The van der Waals surface area contributed by atoms with Crippen LogP contribution >= 0.6 is 0 Å². The Morgan fingerprint density at radius 3 is 2.63 bits per heavy atom. The predicted molar refractivity (Wildman–Crippen MR) is 170 cm³/mol. The highest BCUT2D eigenvalue weighted by atomic mass is 28.3. The molecule has 1 unspecified atom stereocenters. The number of allylic oxidation sites excluding steroid dienone is 4. The van der Waals surface area contributed by atoms with Crippen LogP contribution in [0.25, 0.3) is 0 Å². The normalized spacial score (nSPS) is 34.3. The topological polar surface area (TPSA) is 18.5 Å². The Bertz CT molecular complexity index is 1520. The van der Waals surface area contributed by atoms with Gasteiger partial charge in [0, 0.05) is 12.5 Å². The van der Waals surface area contributed by atoms with Gasteiger partial charge in [0.1, 0.15) is 13.8 Å². The molecule has 1 heterocycles. The molecule has 210 valence electrons. The number of fused-ring (bicyclic) bond motifs is 8. The van der Waals surface area contributed by atoms with Gasteiger partial charge in [0.05, 0.1) is 13.2 Å². The molecule has 2 nitrogen and oxygen atoms in total. The highest BCUT2D eigenvalue weighted by molar-refractivity contribution is 7.09. The molecule has 8 rings (SSSR count). The summed E-state index contributed by atoms with van der Waals surface area (Å²) in [5, 5.41) is 4.83. The number of hydrogen-bond acceptors (Lipinski definition) is 2. The highest BCUT2D eigenvalue weighted by Gasteiger charge is 2.56. The molecule has 1 aliphatic heterocycles. The first-order valence-corrected chi connectivity index (χ1v) is 18.2. The third-order valence-corrected chi connectivity index (χ3v) is 17.2. The van der Waals surface area contributed by atoms with Crippen molar-refractivity contribution in [2.75, 3.05) is 13.7 Å². The van der Waals surface area contributed by atoms with Crippen LogP contribution < -0.4 is 15.1 Å². The fourth-order valence-electron chi connectivity index (χ4n) is 10.2. The van der Waals surface area contributed by atoms with Crippen molar-refractivity contribution in [3.63, 3.8) is 0 Å². The van der Waals surface area contributed by atoms with Crippen LogP contribution in [0.1, 0.15) is 67.6 Å². The largest absolute Gasteiger partial charge is 0.497 e. The zero-order valence-corrected chi connectivity index (χ0v) is 25.5. The quantitative estimate of drug-likeness (QED) is 0.295. The molecule has 3 aromatic carbocycles. The van der Waals surface area contributed by atoms with Gasteiger partial charge in [-0.15, -0.1) is 0 Å². The molecule has 7 atom stereocenters. The average Bonchev–Trinajstić information content (AvgIpc) is 3.70. The lowest BCUT2D eigenvalue weighted by Crippen LogP contribution is -2.58. The van der Waals surface area contributed by atoms with E-state index in [1.54, 1.807) is 28.2 Å². The monoisotopic (exact) mass is 558 g/mol. The first kappa shape index (κ1) is 25.8. The van der Waals surface area contributed by atoms with Gasteiger partial charge in [-0.3, -0.25) is 0 Å². The lowest BCUT2D eigenvalue weighted by Gasteiger charge is -2.50. The Hall–Kier alpha value is -2.88. The standard InChI is InChI=1S/C38H42O2Si/c1-38-22-21-30-29-18-16-27(39-2)25-26(29)15-17-31(30)34(38)19-20-37(38)40-23-24-41(28-9-4-3-5-10-28)35-13-7-6-11-32(35)33-12-8-14-36(33)41/h3-14,16,18,25,30-31,33-34,37H,15,17,19-24H2,1-2H3/t30-,31-,33?,34+,37+,38+,41-/m1/s1. The molecule has 0 N–H and O–H groups in total. The minimum atomic E-state index is -2.11. The zero-order chi connectivity index (χ0) is 27.6. The number of benzene rings is 3. The van der Waals surface area contributed by atoms with Gasteiger partial charge in [-0.05, 0) is 107 Å². The first-order chi connectivity index (χ1) is 20.1. The second-order valence-corrected chi connectivity index (χ2v) is 17.6. The van der Waals surface area contributed by atoms with Crippen molar-refractivity contribution < 1.29 is 9.47 Å². The van der Waals surface area contributed by atoms with E-state index in [9.17, 15) is 0 Å².